The highest BCUT2D eigenvalue weighted by molar-refractivity contribution is 6.01. The maximum absolute atomic E-state index is 13.6. The SMILES string of the molecule is CCN1CCOc2ccccc2C(=O)N[C@H](C(=O)N2CCN(CCOC)CC2)CC(=O)N[C@H](CC(C)C)C1=O. The van der Waals surface area contributed by atoms with Gasteiger partial charge in [0.25, 0.3) is 5.91 Å². The highest BCUT2D eigenvalue weighted by Gasteiger charge is 2.33. The van der Waals surface area contributed by atoms with Crippen LogP contribution in [-0.4, -0.2) is 117 Å². The lowest BCUT2D eigenvalue weighted by Crippen LogP contribution is -2.57. The minimum Gasteiger partial charge on any atom is -0.491 e. The fourth-order valence-electron chi connectivity index (χ4n) is 4.89. The molecule has 0 radical (unpaired) electrons. The molecular formula is C28H43N5O6. The Bertz CT molecular complexity index is 994. The van der Waals surface area contributed by atoms with Crippen molar-refractivity contribution in [1.29, 1.82) is 0 Å². The summed E-state index contributed by atoms with van der Waals surface area (Å²) in [5.41, 5.74) is 0.268. The average Bonchev–Trinajstić information content (AvgIpc) is 2.92. The minimum absolute atomic E-state index is 0.159. The molecular weight excluding hydrogens is 502 g/mol. The van der Waals surface area contributed by atoms with E-state index in [9.17, 15) is 19.2 Å². The van der Waals surface area contributed by atoms with Crippen LogP contribution >= 0.6 is 0 Å². The molecule has 2 atom stereocenters. The highest BCUT2D eigenvalue weighted by atomic mass is 16.5. The standard InChI is InChI=1S/C28H43N5O6/c1-5-32-15-17-39-24-9-7-6-8-21(24)26(35)30-23(19-25(34)29-22(27(32)36)18-20(2)3)28(37)33-12-10-31(11-13-33)14-16-38-4/h6-9,20,22-23H,5,10-19H2,1-4H3,(H,29,34)(H,30,35)/t22-,23+/m1/s1. The number of amides is 4. The molecule has 216 valence electrons. The number of piperazine rings is 1. The van der Waals surface area contributed by atoms with E-state index in [1.165, 1.54) is 0 Å². The molecule has 11 nitrogen and oxygen atoms in total. The number of nitrogens with zero attached hydrogens (tertiary/aromatic N) is 3. The van der Waals surface area contributed by atoms with Crippen molar-refractivity contribution >= 4 is 23.6 Å². The van der Waals surface area contributed by atoms with Gasteiger partial charge in [0, 0.05) is 46.4 Å². The molecule has 0 aromatic heterocycles. The van der Waals surface area contributed by atoms with Crippen molar-refractivity contribution < 1.29 is 28.7 Å². The Labute approximate surface area is 231 Å². The van der Waals surface area contributed by atoms with E-state index < -0.39 is 23.9 Å². The zero-order valence-corrected chi connectivity index (χ0v) is 23.6. The second-order valence-electron chi connectivity index (χ2n) is 10.4. The molecule has 0 aliphatic carbocycles. The molecule has 2 aliphatic rings. The minimum atomic E-state index is -1.09. The third-order valence-corrected chi connectivity index (χ3v) is 7.07. The van der Waals surface area contributed by atoms with Gasteiger partial charge in [-0.3, -0.25) is 24.1 Å². The maximum Gasteiger partial charge on any atom is 0.255 e. The lowest BCUT2D eigenvalue weighted by Gasteiger charge is -2.36. The summed E-state index contributed by atoms with van der Waals surface area (Å²) in [6, 6.07) is 4.96. The Balaban J connectivity index is 1.86. The molecule has 39 heavy (non-hydrogen) atoms. The first-order valence-corrected chi connectivity index (χ1v) is 13.8. The molecule has 1 fully saturated rings. The van der Waals surface area contributed by atoms with Crippen molar-refractivity contribution in [3.63, 3.8) is 0 Å². The van der Waals surface area contributed by atoms with Crippen molar-refractivity contribution in [1.82, 2.24) is 25.3 Å². The predicted octanol–water partition coefficient (Wildman–Crippen LogP) is 0.738. The van der Waals surface area contributed by atoms with Gasteiger partial charge in [0.15, 0.2) is 0 Å². The number of methoxy groups -OCH3 is 1. The number of nitrogens with one attached hydrogen (secondary N) is 2. The van der Waals surface area contributed by atoms with Crippen molar-refractivity contribution in [3.8, 4) is 5.75 Å². The van der Waals surface area contributed by atoms with E-state index in [0.717, 1.165) is 6.54 Å². The molecule has 11 heteroatoms. The lowest BCUT2D eigenvalue weighted by atomic mass is 10.0. The number of fused-ring (bicyclic) bond motifs is 1. The van der Waals surface area contributed by atoms with Gasteiger partial charge in [0.1, 0.15) is 24.4 Å². The Morgan fingerprint density at radius 3 is 2.46 bits per heavy atom. The van der Waals surface area contributed by atoms with Gasteiger partial charge in [0.2, 0.25) is 17.7 Å². The molecule has 0 unspecified atom stereocenters. The summed E-state index contributed by atoms with van der Waals surface area (Å²) in [5, 5.41) is 5.64. The van der Waals surface area contributed by atoms with Crippen LogP contribution in [0, 0.1) is 5.92 Å². The van der Waals surface area contributed by atoms with Crippen LogP contribution in [0.3, 0.4) is 0 Å². The quantitative estimate of drug-likeness (QED) is 0.519. The monoisotopic (exact) mass is 545 g/mol. The third-order valence-electron chi connectivity index (χ3n) is 7.07. The van der Waals surface area contributed by atoms with Gasteiger partial charge in [-0.25, -0.2) is 0 Å². The molecule has 4 amide bonds. The summed E-state index contributed by atoms with van der Waals surface area (Å²) in [4.78, 5) is 59.2. The number of ether oxygens (including phenoxy) is 2. The number of hydrogen-bond acceptors (Lipinski definition) is 7. The Hall–Kier alpha value is -3.18. The molecule has 2 N–H and O–H groups in total. The van der Waals surface area contributed by atoms with E-state index in [4.69, 9.17) is 9.47 Å². The normalized spacial score (nSPS) is 22.0. The first kappa shape index (κ1) is 30.4. The van der Waals surface area contributed by atoms with Gasteiger partial charge in [-0.1, -0.05) is 26.0 Å². The second-order valence-corrected chi connectivity index (χ2v) is 10.4. The molecule has 3 rings (SSSR count). The molecule has 0 saturated carbocycles. The topological polar surface area (TPSA) is 121 Å². The molecule has 0 spiro atoms. The van der Waals surface area contributed by atoms with Crippen molar-refractivity contribution in [2.45, 2.75) is 45.7 Å². The van der Waals surface area contributed by atoms with Crippen LogP contribution in [0.4, 0.5) is 0 Å². The van der Waals surface area contributed by atoms with E-state index in [2.05, 4.69) is 15.5 Å². The Morgan fingerprint density at radius 1 is 1.08 bits per heavy atom. The van der Waals surface area contributed by atoms with Crippen LogP contribution in [0.1, 0.15) is 44.0 Å². The number of para-hydroxylation sites is 1. The van der Waals surface area contributed by atoms with Gasteiger partial charge in [-0.15, -0.1) is 0 Å². The number of likely N-dealkylation sites (N-methyl/N-ethyl adjacent to an activating group) is 1. The van der Waals surface area contributed by atoms with E-state index >= 15 is 0 Å². The Kier molecular flexibility index (Phi) is 11.5. The molecule has 2 aliphatic heterocycles. The van der Waals surface area contributed by atoms with E-state index in [-0.39, 0.29) is 36.3 Å². The highest BCUT2D eigenvalue weighted by Crippen LogP contribution is 2.19. The molecule has 1 aromatic carbocycles. The smallest absolute Gasteiger partial charge is 0.255 e. The maximum atomic E-state index is 13.6. The van der Waals surface area contributed by atoms with Crippen LogP contribution in [0.25, 0.3) is 0 Å². The zero-order chi connectivity index (χ0) is 28.4. The Morgan fingerprint density at radius 2 is 1.79 bits per heavy atom. The summed E-state index contributed by atoms with van der Waals surface area (Å²) in [7, 11) is 1.66. The zero-order valence-electron chi connectivity index (χ0n) is 23.6. The van der Waals surface area contributed by atoms with Crippen molar-refractivity contribution in [3.05, 3.63) is 29.8 Å². The van der Waals surface area contributed by atoms with Gasteiger partial charge in [0.05, 0.1) is 25.1 Å². The third kappa shape index (κ3) is 8.66. The summed E-state index contributed by atoms with van der Waals surface area (Å²) < 4.78 is 11.1. The number of hydrogen-bond donors (Lipinski definition) is 2. The van der Waals surface area contributed by atoms with E-state index in [1.54, 1.807) is 41.2 Å². The predicted molar refractivity (Wildman–Crippen MR) is 146 cm³/mol. The summed E-state index contributed by atoms with van der Waals surface area (Å²) in [6.45, 7) is 10.5. The summed E-state index contributed by atoms with van der Waals surface area (Å²) >= 11 is 0. The number of rotatable bonds is 7. The van der Waals surface area contributed by atoms with Crippen LogP contribution in [0.15, 0.2) is 24.3 Å². The summed E-state index contributed by atoms with van der Waals surface area (Å²) in [6.07, 6.45) is 0.185. The summed E-state index contributed by atoms with van der Waals surface area (Å²) in [5.74, 6) is -0.938. The van der Waals surface area contributed by atoms with Gasteiger partial charge < -0.3 is 29.9 Å². The van der Waals surface area contributed by atoms with Crippen LogP contribution in [0.2, 0.25) is 0 Å². The fourth-order valence-corrected chi connectivity index (χ4v) is 4.89. The van der Waals surface area contributed by atoms with Crippen molar-refractivity contribution in [2.75, 3.05) is 66.1 Å². The average molecular weight is 546 g/mol. The van der Waals surface area contributed by atoms with Gasteiger partial charge in [-0.05, 0) is 31.4 Å². The molecule has 2 heterocycles. The van der Waals surface area contributed by atoms with E-state index in [0.29, 0.717) is 58.0 Å². The van der Waals surface area contributed by atoms with Crippen LogP contribution in [-0.2, 0) is 19.1 Å². The van der Waals surface area contributed by atoms with Gasteiger partial charge in [-0.2, -0.15) is 0 Å². The lowest BCUT2D eigenvalue weighted by molar-refractivity contribution is -0.139. The van der Waals surface area contributed by atoms with Crippen molar-refractivity contribution in [2.24, 2.45) is 5.92 Å². The molecule has 0 bridgehead atoms. The fraction of sp³-hybridized carbons (Fsp3) is 0.643. The number of carbonyl (C=O) groups is 4. The number of benzene rings is 1. The second kappa shape index (κ2) is 14.8. The molecule has 1 saturated heterocycles. The van der Waals surface area contributed by atoms with Crippen LogP contribution in [0.5, 0.6) is 5.75 Å². The first-order chi connectivity index (χ1) is 18.7. The first-order valence-electron chi connectivity index (χ1n) is 13.8. The van der Waals surface area contributed by atoms with E-state index in [1.807, 2.05) is 20.8 Å². The number of carbonyl (C=O) groups excluding carboxylic acids is 4. The van der Waals surface area contributed by atoms with Crippen LogP contribution < -0.4 is 15.4 Å². The molecule has 1 aromatic rings. The van der Waals surface area contributed by atoms with Gasteiger partial charge >= 0.3 is 0 Å². The largest absolute Gasteiger partial charge is 0.491 e.